The highest BCUT2D eigenvalue weighted by molar-refractivity contribution is 5.86. The van der Waals surface area contributed by atoms with Crippen LogP contribution in [0.25, 0.3) is 11.0 Å². The van der Waals surface area contributed by atoms with E-state index in [1.54, 1.807) is 0 Å². The molecule has 118 valence electrons. The molecule has 0 saturated carbocycles. The molecular formula is C18H21N5. The predicted octanol–water partition coefficient (Wildman–Crippen LogP) is 3.42. The second kappa shape index (κ2) is 5.65. The van der Waals surface area contributed by atoms with Crippen LogP contribution in [0.2, 0.25) is 0 Å². The van der Waals surface area contributed by atoms with Crippen molar-refractivity contribution in [2.75, 3.05) is 5.32 Å². The summed E-state index contributed by atoms with van der Waals surface area (Å²) in [5.74, 6) is 1.80. The summed E-state index contributed by atoms with van der Waals surface area (Å²) in [4.78, 5) is 9.42. The van der Waals surface area contributed by atoms with Crippen molar-refractivity contribution in [2.45, 2.75) is 38.6 Å². The highest BCUT2D eigenvalue weighted by Crippen LogP contribution is 2.34. The summed E-state index contributed by atoms with van der Waals surface area (Å²) in [5, 5.41) is 9.00. The number of aryl methyl sites for hydroxylation is 3. The summed E-state index contributed by atoms with van der Waals surface area (Å²) in [7, 11) is 1.93. The standard InChI is InChI=1S/C18H21N5/c1-3-6-16-21-17(14-11-19-23(2)18(14)22-16)20-15-10-9-12-7-4-5-8-13(12)15/h4-5,7-8,11,15H,3,6,9-10H2,1-2H3,(H,20,21,22)/t15-/m0/s1. The van der Waals surface area contributed by atoms with Gasteiger partial charge in [-0.3, -0.25) is 4.68 Å². The summed E-state index contributed by atoms with van der Waals surface area (Å²) >= 11 is 0. The maximum Gasteiger partial charge on any atom is 0.163 e. The van der Waals surface area contributed by atoms with Crippen LogP contribution in [0.1, 0.15) is 42.8 Å². The molecule has 0 fully saturated rings. The molecule has 0 spiro atoms. The number of anilines is 1. The van der Waals surface area contributed by atoms with Gasteiger partial charge in [-0.05, 0) is 30.4 Å². The molecule has 1 aliphatic rings. The summed E-state index contributed by atoms with van der Waals surface area (Å²) in [6, 6.07) is 8.98. The van der Waals surface area contributed by atoms with Gasteiger partial charge in [0.05, 0.1) is 17.6 Å². The van der Waals surface area contributed by atoms with Crippen molar-refractivity contribution in [1.82, 2.24) is 19.7 Å². The van der Waals surface area contributed by atoms with E-state index in [1.165, 1.54) is 11.1 Å². The van der Waals surface area contributed by atoms with Crippen molar-refractivity contribution in [3.63, 3.8) is 0 Å². The van der Waals surface area contributed by atoms with Gasteiger partial charge in [-0.15, -0.1) is 0 Å². The number of hydrogen-bond donors (Lipinski definition) is 1. The van der Waals surface area contributed by atoms with Gasteiger partial charge in [-0.2, -0.15) is 5.10 Å². The van der Waals surface area contributed by atoms with Gasteiger partial charge in [0.15, 0.2) is 5.65 Å². The number of fused-ring (bicyclic) bond motifs is 2. The first kappa shape index (κ1) is 14.2. The van der Waals surface area contributed by atoms with Crippen LogP contribution in [0.15, 0.2) is 30.5 Å². The molecule has 2 heterocycles. The Labute approximate surface area is 135 Å². The summed E-state index contributed by atoms with van der Waals surface area (Å²) in [6.45, 7) is 2.15. The number of nitrogens with one attached hydrogen (secondary N) is 1. The maximum atomic E-state index is 4.76. The fraction of sp³-hybridized carbons (Fsp3) is 0.389. The predicted molar refractivity (Wildman–Crippen MR) is 91.4 cm³/mol. The third-order valence-electron chi connectivity index (χ3n) is 4.56. The monoisotopic (exact) mass is 307 g/mol. The molecule has 23 heavy (non-hydrogen) atoms. The van der Waals surface area contributed by atoms with Crippen LogP contribution in [-0.2, 0) is 19.9 Å². The van der Waals surface area contributed by atoms with Gasteiger partial charge in [-0.25, -0.2) is 9.97 Å². The number of rotatable bonds is 4. The fourth-order valence-corrected chi connectivity index (χ4v) is 3.38. The molecular weight excluding hydrogens is 286 g/mol. The Morgan fingerprint density at radius 1 is 1.26 bits per heavy atom. The van der Waals surface area contributed by atoms with E-state index < -0.39 is 0 Å². The summed E-state index contributed by atoms with van der Waals surface area (Å²) in [5.41, 5.74) is 3.73. The third kappa shape index (κ3) is 2.46. The molecule has 2 aromatic heterocycles. The lowest BCUT2D eigenvalue weighted by molar-refractivity contribution is 0.750. The molecule has 3 aromatic rings. The average Bonchev–Trinajstić information content (AvgIpc) is 3.13. The van der Waals surface area contributed by atoms with Crippen molar-refractivity contribution in [3.8, 4) is 0 Å². The molecule has 5 nitrogen and oxygen atoms in total. The van der Waals surface area contributed by atoms with Gasteiger partial charge in [0.25, 0.3) is 0 Å². The number of benzene rings is 1. The Morgan fingerprint density at radius 3 is 3.00 bits per heavy atom. The minimum atomic E-state index is 0.319. The van der Waals surface area contributed by atoms with Crippen molar-refractivity contribution in [2.24, 2.45) is 7.05 Å². The number of nitrogens with zero attached hydrogens (tertiary/aromatic N) is 4. The Hall–Kier alpha value is -2.43. The minimum absolute atomic E-state index is 0.319. The van der Waals surface area contributed by atoms with Gasteiger partial charge >= 0.3 is 0 Å². The van der Waals surface area contributed by atoms with Crippen molar-refractivity contribution >= 4 is 16.9 Å². The first-order valence-corrected chi connectivity index (χ1v) is 8.29. The van der Waals surface area contributed by atoms with Gasteiger partial charge in [-0.1, -0.05) is 31.2 Å². The van der Waals surface area contributed by atoms with E-state index in [2.05, 4.69) is 46.6 Å². The lowest BCUT2D eigenvalue weighted by atomic mass is 10.1. The molecule has 5 heteroatoms. The second-order valence-electron chi connectivity index (χ2n) is 6.18. The maximum absolute atomic E-state index is 4.76. The normalized spacial score (nSPS) is 16.7. The minimum Gasteiger partial charge on any atom is -0.363 e. The molecule has 1 aromatic carbocycles. The first-order valence-electron chi connectivity index (χ1n) is 8.29. The zero-order valence-electron chi connectivity index (χ0n) is 13.6. The first-order chi connectivity index (χ1) is 11.3. The van der Waals surface area contributed by atoms with Crippen LogP contribution in [0, 0.1) is 0 Å². The molecule has 1 atom stereocenters. The van der Waals surface area contributed by atoms with Gasteiger partial charge in [0, 0.05) is 13.5 Å². The van der Waals surface area contributed by atoms with Crippen LogP contribution < -0.4 is 5.32 Å². The quantitative estimate of drug-likeness (QED) is 0.802. The van der Waals surface area contributed by atoms with E-state index in [1.807, 2.05) is 17.9 Å². The van der Waals surface area contributed by atoms with E-state index in [-0.39, 0.29) is 0 Å². The fourth-order valence-electron chi connectivity index (χ4n) is 3.38. The van der Waals surface area contributed by atoms with E-state index in [0.717, 1.165) is 48.4 Å². The van der Waals surface area contributed by atoms with Crippen LogP contribution in [0.3, 0.4) is 0 Å². The number of aromatic nitrogens is 4. The highest BCUT2D eigenvalue weighted by Gasteiger charge is 2.23. The molecule has 0 aliphatic heterocycles. The number of hydrogen-bond acceptors (Lipinski definition) is 4. The summed E-state index contributed by atoms with van der Waals surface area (Å²) in [6.07, 6.45) is 6.01. The average molecular weight is 307 g/mol. The van der Waals surface area contributed by atoms with Crippen molar-refractivity contribution in [3.05, 3.63) is 47.4 Å². The van der Waals surface area contributed by atoms with Crippen LogP contribution in [0.4, 0.5) is 5.82 Å². The molecule has 4 rings (SSSR count). The largest absolute Gasteiger partial charge is 0.363 e. The smallest absolute Gasteiger partial charge is 0.163 e. The molecule has 0 bridgehead atoms. The summed E-state index contributed by atoms with van der Waals surface area (Å²) < 4.78 is 1.82. The molecule has 0 radical (unpaired) electrons. The Bertz CT molecular complexity index is 852. The van der Waals surface area contributed by atoms with Crippen LogP contribution in [0.5, 0.6) is 0 Å². The molecule has 1 aliphatic carbocycles. The van der Waals surface area contributed by atoms with Gasteiger partial charge < -0.3 is 5.32 Å². The van der Waals surface area contributed by atoms with Crippen LogP contribution in [-0.4, -0.2) is 19.7 Å². The zero-order valence-corrected chi connectivity index (χ0v) is 13.6. The SMILES string of the molecule is CCCc1nc(N[C@H]2CCc3ccccc32)c2cnn(C)c2n1. The van der Waals surface area contributed by atoms with E-state index in [4.69, 9.17) is 4.98 Å². The molecule has 0 saturated heterocycles. The second-order valence-corrected chi connectivity index (χ2v) is 6.18. The zero-order chi connectivity index (χ0) is 15.8. The van der Waals surface area contributed by atoms with E-state index >= 15 is 0 Å². The highest BCUT2D eigenvalue weighted by atomic mass is 15.3. The van der Waals surface area contributed by atoms with Crippen molar-refractivity contribution in [1.29, 1.82) is 0 Å². The van der Waals surface area contributed by atoms with E-state index in [0.29, 0.717) is 6.04 Å². The lowest BCUT2D eigenvalue weighted by Crippen LogP contribution is -2.11. The van der Waals surface area contributed by atoms with Gasteiger partial charge in [0.1, 0.15) is 11.6 Å². The topological polar surface area (TPSA) is 55.6 Å². The Morgan fingerprint density at radius 2 is 2.13 bits per heavy atom. The Kier molecular flexibility index (Phi) is 3.48. The van der Waals surface area contributed by atoms with Crippen molar-refractivity contribution < 1.29 is 0 Å². The van der Waals surface area contributed by atoms with E-state index in [9.17, 15) is 0 Å². The van der Waals surface area contributed by atoms with Gasteiger partial charge in [0.2, 0.25) is 0 Å². The Balaban J connectivity index is 1.74. The lowest BCUT2D eigenvalue weighted by Gasteiger charge is -2.16. The molecule has 1 N–H and O–H groups in total. The molecule has 0 unspecified atom stereocenters. The molecule has 0 amide bonds. The third-order valence-corrected chi connectivity index (χ3v) is 4.56. The van der Waals surface area contributed by atoms with Crippen LogP contribution >= 0.6 is 0 Å².